The molecule has 3 nitrogen and oxygen atoms in total. The van der Waals surface area contributed by atoms with Crippen LogP contribution in [-0.4, -0.2) is 14.7 Å². The van der Waals surface area contributed by atoms with E-state index in [4.69, 9.17) is 6.42 Å². The molecule has 1 unspecified atom stereocenters. The van der Waals surface area contributed by atoms with Gasteiger partial charge in [-0.05, 0) is 0 Å². The van der Waals surface area contributed by atoms with Crippen molar-refractivity contribution in [3.63, 3.8) is 0 Å². The largest absolute Gasteiger partial charge is 0.386 e. The molecule has 1 atom stereocenters. The molecule has 1 N–H and O–H groups in total. The zero-order valence-corrected chi connectivity index (χ0v) is 6.36. The van der Waals surface area contributed by atoms with Gasteiger partial charge in [-0.25, -0.2) is 4.98 Å². The predicted octanol–water partition coefficient (Wildman–Crippen LogP) is 0.477. The Kier molecular flexibility index (Phi) is 2.29. The highest BCUT2D eigenvalue weighted by atomic mass is 16.3. The van der Waals surface area contributed by atoms with Gasteiger partial charge in [0.05, 0.1) is 18.2 Å². The lowest BCUT2D eigenvalue weighted by Crippen LogP contribution is -2.02. The maximum atomic E-state index is 9.39. The molecule has 0 bridgehead atoms. The van der Waals surface area contributed by atoms with E-state index in [-0.39, 0.29) is 0 Å². The molecule has 0 fully saturated rings. The van der Waals surface area contributed by atoms with E-state index in [1.165, 1.54) is 0 Å². The molecule has 1 aromatic rings. The van der Waals surface area contributed by atoms with Crippen molar-refractivity contribution in [3.05, 3.63) is 18.2 Å². The first-order valence-electron chi connectivity index (χ1n) is 3.33. The van der Waals surface area contributed by atoms with Crippen molar-refractivity contribution < 1.29 is 5.11 Å². The molecule has 1 rings (SSSR count). The summed E-state index contributed by atoms with van der Waals surface area (Å²) in [5.74, 6) is 2.39. The van der Waals surface area contributed by atoms with Crippen LogP contribution in [0.15, 0.2) is 12.5 Å². The smallest absolute Gasteiger partial charge is 0.106 e. The van der Waals surface area contributed by atoms with Gasteiger partial charge in [0.2, 0.25) is 0 Å². The van der Waals surface area contributed by atoms with Gasteiger partial charge in [0.15, 0.2) is 0 Å². The van der Waals surface area contributed by atoms with Crippen LogP contribution in [0.2, 0.25) is 0 Å². The van der Waals surface area contributed by atoms with Gasteiger partial charge in [0, 0.05) is 13.5 Å². The number of aliphatic hydroxyl groups excluding tert-OH is 1. The SMILES string of the molecule is C#CCC(O)c1cncn1C. The molecule has 0 spiro atoms. The first-order chi connectivity index (χ1) is 5.25. The van der Waals surface area contributed by atoms with Gasteiger partial charge in [-0.1, -0.05) is 0 Å². The van der Waals surface area contributed by atoms with Crippen LogP contribution in [0, 0.1) is 12.3 Å². The fourth-order valence-corrected chi connectivity index (χ4v) is 0.905. The minimum atomic E-state index is -0.590. The Labute approximate surface area is 65.7 Å². The summed E-state index contributed by atoms with van der Waals surface area (Å²) < 4.78 is 1.75. The number of terminal acetylenes is 1. The summed E-state index contributed by atoms with van der Waals surface area (Å²) in [6.45, 7) is 0. The number of aryl methyl sites for hydroxylation is 1. The molecule has 11 heavy (non-hydrogen) atoms. The van der Waals surface area contributed by atoms with Crippen LogP contribution in [-0.2, 0) is 7.05 Å². The minimum absolute atomic E-state index is 0.333. The van der Waals surface area contributed by atoms with Gasteiger partial charge in [-0.3, -0.25) is 0 Å². The highest BCUT2D eigenvalue weighted by molar-refractivity contribution is 5.05. The molecule has 58 valence electrons. The lowest BCUT2D eigenvalue weighted by atomic mass is 10.2. The summed E-state index contributed by atoms with van der Waals surface area (Å²) in [5, 5.41) is 9.39. The summed E-state index contributed by atoms with van der Waals surface area (Å²) in [4.78, 5) is 3.86. The first-order valence-corrected chi connectivity index (χ1v) is 3.33. The van der Waals surface area contributed by atoms with E-state index in [2.05, 4.69) is 10.9 Å². The fourth-order valence-electron chi connectivity index (χ4n) is 0.905. The number of hydrogen-bond acceptors (Lipinski definition) is 2. The lowest BCUT2D eigenvalue weighted by Gasteiger charge is -2.06. The van der Waals surface area contributed by atoms with E-state index in [0.29, 0.717) is 6.42 Å². The number of rotatable bonds is 2. The summed E-state index contributed by atoms with van der Waals surface area (Å²) in [5.41, 5.74) is 0.753. The maximum Gasteiger partial charge on any atom is 0.106 e. The molecular weight excluding hydrogens is 140 g/mol. The van der Waals surface area contributed by atoms with Crippen molar-refractivity contribution in [1.29, 1.82) is 0 Å². The quantitative estimate of drug-likeness (QED) is 0.622. The third-order valence-corrected chi connectivity index (χ3v) is 1.51. The van der Waals surface area contributed by atoms with E-state index in [1.54, 1.807) is 17.1 Å². The Morgan fingerprint density at radius 1 is 1.91 bits per heavy atom. The second-order valence-corrected chi connectivity index (χ2v) is 2.35. The van der Waals surface area contributed by atoms with Crippen molar-refractivity contribution >= 4 is 0 Å². The molecule has 0 aliphatic rings. The second kappa shape index (κ2) is 3.22. The van der Waals surface area contributed by atoms with Crippen molar-refractivity contribution in [3.8, 4) is 12.3 Å². The van der Waals surface area contributed by atoms with Crippen LogP contribution in [0.1, 0.15) is 18.2 Å². The number of imidazole rings is 1. The average Bonchev–Trinajstić information content (AvgIpc) is 2.36. The van der Waals surface area contributed by atoms with Gasteiger partial charge in [-0.2, -0.15) is 0 Å². The van der Waals surface area contributed by atoms with E-state index >= 15 is 0 Å². The van der Waals surface area contributed by atoms with E-state index in [0.717, 1.165) is 5.69 Å². The third kappa shape index (κ3) is 1.60. The van der Waals surface area contributed by atoms with Gasteiger partial charge < -0.3 is 9.67 Å². The monoisotopic (exact) mass is 150 g/mol. The maximum absolute atomic E-state index is 9.39. The average molecular weight is 150 g/mol. The van der Waals surface area contributed by atoms with Crippen LogP contribution < -0.4 is 0 Å². The van der Waals surface area contributed by atoms with Gasteiger partial charge in [-0.15, -0.1) is 12.3 Å². The van der Waals surface area contributed by atoms with Crippen LogP contribution in [0.5, 0.6) is 0 Å². The van der Waals surface area contributed by atoms with Gasteiger partial charge in [0.25, 0.3) is 0 Å². The fraction of sp³-hybridized carbons (Fsp3) is 0.375. The lowest BCUT2D eigenvalue weighted by molar-refractivity contribution is 0.175. The molecule has 0 aliphatic carbocycles. The van der Waals surface area contributed by atoms with Gasteiger partial charge in [0.1, 0.15) is 6.10 Å². The van der Waals surface area contributed by atoms with Crippen molar-refractivity contribution in [2.75, 3.05) is 0 Å². The summed E-state index contributed by atoms with van der Waals surface area (Å²) >= 11 is 0. The molecule has 0 saturated heterocycles. The molecule has 0 aliphatic heterocycles. The molecule has 1 heterocycles. The molecule has 3 heteroatoms. The minimum Gasteiger partial charge on any atom is -0.386 e. The highest BCUT2D eigenvalue weighted by Crippen LogP contribution is 2.13. The molecule has 0 saturated carbocycles. The first kappa shape index (κ1) is 7.83. The Morgan fingerprint density at radius 3 is 3.09 bits per heavy atom. The number of aliphatic hydroxyl groups is 1. The number of aromatic nitrogens is 2. The normalized spacial score (nSPS) is 12.5. The molecular formula is C8H10N2O. The van der Waals surface area contributed by atoms with Gasteiger partial charge >= 0.3 is 0 Å². The molecule has 0 radical (unpaired) electrons. The Hall–Kier alpha value is -1.27. The highest BCUT2D eigenvalue weighted by Gasteiger charge is 2.08. The third-order valence-electron chi connectivity index (χ3n) is 1.51. The van der Waals surface area contributed by atoms with Crippen LogP contribution in [0.25, 0.3) is 0 Å². The van der Waals surface area contributed by atoms with Crippen LogP contribution in [0.4, 0.5) is 0 Å². The van der Waals surface area contributed by atoms with Crippen LogP contribution in [0.3, 0.4) is 0 Å². The standard InChI is InChI=1S/C8H10N2O/c1-3-4-8(11)7-5-9-6-10(7)2/h1,5-6,8,11H,4H2,2H3. The van der Waals surface area contributed by atoms with Crippen LogP contribution >= 0.6 is 0 Å². The Morgan fingerprint density at radius 2 is 2.64 bits per heavy atom. The Bertz CT molecular complexity index is 272. The molecule has 1 aromatic heterocycles. The molecule has 0 amide bonds. The Balaban J connectivity index is 2.77. The number of hydrogen-bond donors (Lipinski definition) is 1. The summed E-state index contributed by atoms with van der Waals surface area (Å²) in [7, 11) is 1.82. The second-order valence-electron chi connectivity index (χ2n) is 2.35. The van der Waals surface area contributed by atoms with E-state index < -0.39 is 6.10 Å². The van der Waals surface area contributed by atoms with Crippen molar-refractivity contribution in [2.24, 2.45) is 7.05 Å². The van der Waals surface area contributed by atoms with E-state index in [9.17, 15) is 5.11 Å². The van der Waals surface area contributed by atoms with E-state index in [1.807, 2.05) is 7.05 Å². The molecule has 0 aromatic carbocycles. The predicted molar refractivity (Wildman–Crippen MR) is 41.6 cm³/mol. The van der Waals surface area contributed by atoms with Crippen molar-refractivity contribution in [1.82, 2.24) is 9.55 Å². The summed E-state index contributed by atoms with van der Waals surface area (Å²) in [6.07, 6.45) is 8.04. The summed E-state index contributed by atoms with van der Waals surface area (Å²) in [6, 6.07) is 0. The zero-order chi connectivity index (χ0) is 8.27. The zero-order valence-electron chi connectivity index (χ0n) is 6.36. The number of nitrogens with zero attached hydrogens (tertiary/aromatic N) is 2. The van der Waals surface area contributed by atoms with Crippen molar-refractivity contribution in [2.45, 2.75) is 12.5 Å². The topological polar surface area (TPSA) is 38.1 Å².